The molecule has 9 nitrogen and oxygen atoms in total. The lowest BCUT2D eigenvalue weighted by molar-refractivity contribution is -0.386. The summed E-state index contributed by atoms with van der Waals surface area (Å²) < 4.78 is 37.7. The van der Waals surface area contributed by atoms with Crippen LogP contribution < -0.4 is 9.46 Å². The van der Waals surface area contributed by atoms with Gasteiger partial charge in [-0.15, -0.1) is 0 Å². The summed E-state index contributed by atoms with van der Waals surface area (Å²) in [4.78, 5) is 12.5. The Hall–Kier alpha value is -1.75. The van der Waals surface area contributed by atoms with Crippen LogP contribution in [0.2, 0.25) is 0 Å². The van der Waals surface area contributed by atoms with Gasteiger partial charge in [0.25, 0.3) is 0 Å². The van der Waals surface area contributed by atoms with Crippen LogP contribution in [0.4, 0.5) is 5.69 Å². The van der Waals surface area contributed by atoms with Crippen molar-refractivity contribution in [2.24, 2.45) is 0 Å². The normalized spacial score (nSPS) is 21.5. The molecule has 1 aromatic carbocycles. The number of hydrogen-bond acceptors (Lipinski definition) is 7. The van der Waals surface area contributed by atoms with Gasteiger partial charge in [-0.2, -0.15) is 0 Å². The molecule has 0 amide bonds. The number of ether oxygens (including phenoxy) is 2. The Kier molecular flexibility index (Phi) is 6.93. The number of morpholine rings is 1. The maximum Gasteiger partial charge on any atom is 0.312 e. The number of benzene rings is 1. The summed E-state index contributed by atoms with van der Waals surface area (Å²) in [6, 6.07) is 3.58. The third-order valence-corrected chi connectivity index (χ3v) is 5.55. The zero-order valence-electron chi connectivity index (χ0n) is 15.2. The van der Waals surface area contributed by atoms with E-state index >= 15 is 0 Å². The number of methoxy groups -OCH3 is 1. The summed E-state index contributed by atoms with van der Waals surface area (Å²) >= 11 is 0. The fourth-order valence-corrected chi connectivity index (χ4v) is 4.13. The Morgan fingerprint density at radius 3 is 2.58 bits per heavy atom. The molecule has 0 saturated carbocycles. The lowest BCUT2D eigenvalue weighted by atomic mass is 10.2. The van der Waals surface area contributed by atoms with Gasteiger partial charge >= 0.3 is 5.69 Å². The van der Waals surface area contributed by atoms with Crippen LogP contribution in [-0.4, -0.2) is 63.7 Å². The molecule has 1 aliphatic rings. The number of sulfonamides is 1. The first-order chi connectivity index (χ1) is 12.2. The van der Waals surface area contributed by atoms with E-state index < -0.39 is 14.9 Å². The maximum atomic E-state index is 12.4. The zero-order chi connectivity index (χ0) is 19.3. The van der Waals surface area contributed by atoms with Crippen molar-refractivity contribution in [3.63, 3.8) is 0 Å². The standard InChI is InChI=1S/C16H25N3O6S/c1-12-10-18(11-13(2)25-12)8-4-7-17-26(22,23)14-5-6-16(24-3)15(9-14)19(20)21/h5-6,9,12-13,17H,4,7-8,10-11H2,1-3H3. The van der Waals surface area contributed by atoms with Crippen LogP contribution in [-0.2, 0) is 14.8 Å². The first-order valence-corrected chi connectivity index (χ1v) is 9.91. The molecule has 1 aromatic rings. The molecule has 1 heterocycles. The third kappa shape index (κ3) is 5.37. The molecule has 146 valence electrons. The van der Waals surface area contributed by atoms with Crippen LogP contribution in [0, 0.1) is 10.1 Å². The van der Waals surface area contributed by atoms with E-state index in [1.807, 2.05) is 13.8 Å². The molecule has 1 saturated heterocycles. The molecule has 1 N–H and O–H groups in total. The predicted octanol–water partition coefficient (Wildman–Crippen LogP) is 1.38. The quantitative estimate of drug-likeness (QED) is 0.407. The van der Waals surface area contributed by atoms with Crippen molar-refractivity contribution >= 4 is 15.7 Å². The molecule has 0 aromatic heterocycles. The van der Waals surface area contributed by atoms with Crippen molar-refractivity contribution in [1.82, 2.24) is 9.62 Å². The average molecular weight is 387 g/mol. The van der Waals surface area contributed by atoms with Crippen molar-refractivity contribution in [3.8, 4) is 5.75 Å². The number of nitrogens with zero attached hydrogens (tertiary/aromatic N) is 2. The Labute approximate surface area is 153 Å². The van der Waals surface area contributed by atoms with Gasteiger partial charge in [0, 0.05) is 25.7 Å². The van der Waals surface area contributed by atoms with Crippen molar-refractivity contribution in [2.45, 2.75) is 37.4 Å². The molecule has 2 unspecified atom stereocenters. The molecule has 10 heteroatoms. The van der Waals surface area contributed by atoms with Crippen molar-refractivity contribution < 1.29 is 22.8 Å². The van der Waals surface area contributed by atoms with E-state index in [9.17, 15) is 18.5 Å². The fraction of sp³-hybridized carbons (Fsp3) is 0.625. The van der Waals surface area contributed by atoms with Crippen LogP contribution >= 0.6 is 0 Å². The van der Waals surface area contributed by atoms with E-state index in [1.54, 1.807) is 0 Å². The summed E-state index contributed by atoms with van der Waals surface area (Å²) in [5, 5.41) is 11.0. The number of nitro benzene ring substituents is 1. The van der Waals surface area contributed by atoms with Crippen molar-refractivity contribution in [1.29, 1.82) is 0 Å². The second-order valence-corrected chi connectivity index (χ2v) is 8.13. The van der Waals surface area contributed by atoms with E-state index in [-0.39, 0.29) is 35.1 Å². The molecule has 2 atom stereocenters. The van der Waals surface area contributed by atoms with Gasteiger partial charge in [0.1, 0.15) is 0 Å². The Morgan fingerprint density at radius 2 is 2.00 bits per heavy atom. The lowest BCUT2D eigenvalue weighted by Crippen LogP contribution is -2.46. The molecule has 1 aliphatic heterocycles. The molecular formula is C16H25N3O6S. The first kappa shape index (κ1) is 20.6. The third-order valence-electron chi connectivity index (χ3n) is 4.10. The van der Waals surface area contributed by atoms with Gasteiger partial charge in [-0.1, -0.05) is 0 Å². The van der Waals surface area contributed by atoms with Gasteiger partial charge in [0.2, 0.25) is 10.0 Å². The number of nitrogens with one attached hydrogen (secondary N) is 1. The van der Waals surface area contributed by atoms with Crippen LogP contribution in [0.3, 0.4) is 0 Å². The SMILES string of the molecule is COc1ccc(S(=O)(=O)NCCCN2CC(C)OC(C)C2)cc1[N+](=O)[O-]. The molecule has 26 heavy (non-hydrogen) atoms. The van der Waals surface area contributed by atoms with E-state index in [0.29, 0.717) is 6.42 Å². The second kappa shape index (κ2) is 8.76. The minimum Gasteiger partial charge on any atom is -0.490 e. The highest BCUT2D eigenvalue weighted by Crippen LogP contribution is 2.29. The molecule has 2 rings (SSSR count). The van der Waals surface area contributed by atoms with Crippen LogP contribution in [0.15, 0.2) is 23.1 Å². The topological polar surface area (TPSA) is 111 Å². The van der Waals surface area contributed by atoms with Gasteiger partial charge in [-0.05, 0) is 38.9 Å². The number of rotatable bonds is 8. The Balaban J connectivity index is 1.92. The average Bonchev–Trinajstić information content (AvgIpc) is 2.57. The smallest absolute Gasteiger partial charge is 0.312 e. The second-order valence-electron chi connectivity index (χ2n) is 6.36. The largest absolute Gasteiger partial charge is 0.490 e. The monoisotopic (exact) mass is 387 g/mol. The van der Waals surface area contributed by atoms with Crippen molar-refractivity contribution in [2.75, 3.05) is 33.3 Å². The highest BCUT2D eigenvalue weighted by molar-refractivity contribution is 7.89. The van der Waals surface area contributed by atoms with Gasteiger partial charge in [0.05, 0.1) is 29.1 Å². The number of hydrogen-bond donors (Lipinski definition) is 1. The minimum absolute atomic E-state index is 0.0181. The Bertz CT molecular complexity index is 730. The Morgan fingerprint density at radius 1 is 1.35 bits per heavy atom. The van der Waals surface area contributed by atoms with Crippen LogP contribution in [0.1, 0.15) is 20.3 Å². The summed E-state index contributed by atoms with van der Waals surface area (Å²) in [6.45, 7) is 6.68. The summed E-state index contributed by atoms with van der Waals surface area (Å²) in [5.74, 6) is 0.0181. The maximum absolute atomic E-state index is 12.4. The molecule has 0 aliphatic carbocycles. The minimum atomic E-state index is -3.82. The first-order valence-electron chi connectivity index (χ1n) is 8.43. The van der Waals surface area contributed by atoms with E-state index in [1.165, 1.54) is 19.2 Å². The predicted molar refractivity (Wildman–Crippen MR) is 95.9 cm³/mol. The van der Waals surface area contributed by atoms with Crippen molar-refractivity contribution in [3.05, 3.63) is 28.3 Å². The molecule has 0 radical (unpaired) electrons. The van der Waals surface area contributed by atoms with E-state index in [4.69, 9.17) is 9.47 Å². The lowest BCUT2D eigenvalue weighted by Gasteiger charge is -2.35. The van der Waals surface area contributed by atoms with E-state index in [0.717, 1.165) is 25.7 Å². The molecular weight excluding hydrogens is 362 g/mol. The van der Waals surface area contributed by atoms with Crippen LogP contribution in [0.25, 0.3) is 0 Å². The zero-order valence-corrected chi connectivity index (χ0v) is 16.0. The fourth-order valence-electron chi connectivity index (χ4n) is 3.04. The molecule has 0 spiro atoms. The highest BCUT2D eigenvalue weighted by atomic mass is 32.2. The summed E-state index contributed by atoms with van der Waals surface area (Å²) in [6.07, 6.45) is 0.960. The summed E-state index contributed by atoms with van der Waals surface area (Å²) in [7, 11) is -2.53. The summed E-state index contributed by atoms with van der Waals surface area (Å²) in [5.41, 5.74) is -0.383. The van der Waals surface area contributed by atoms with Gasteiger partial charge in [-0.3, -0.25) is 15.0 Å². The van der Waals surface area contributed by atoms with Gasteiger partial charge in [-0.25, -0.2) is 13.1 Å². The highest BCUT2D eigenvalue weighted by Gasteiger charge is 2.23. The molecule has 1 fully saturated rings. The van der Waals surface area contributed by atoms with E-state index in [2.05, 4.69) is 9.62 Å². The van der Waals surface area contributed by atoms with Crippen LogP contribution in [0.5, 0.6) is 5.75 Å². The van der Waals surface area contributed by atoms with Gasteiger partial charge < -0.3 is 9.47 Å². The number of nitro groups is 1. The molecule has 0 bridgehead atoms. The van der Waals surface area contributed by atoms with Gasteiger partial charge in [0.15, 0.2) is 5.75 Å².